The number of nitrogens with zero attached hydrogens (tertiary/aromatic N) is 3. The molecule has 1 saturated heterocycles. The van der Waals surface area contributed by atoms with E-state index in [9.17, 15) is 9.59 Å². The average molecular weight is 380 g/mol. The number of benzene rings is 1. The Hall–Kier alpha value is -2.89. The van der Waals surface area contributed by atoms with Crippen LogP contribution in [0.2, 0.25) is 0 Å². The molecule has 6 heteroatoms. The lowest BCUT2D eigenvalue weighted by molar-refractivity contribution is -0.129. The van der Waals surface area contributed by atoms with E-state index in [1.807, 2.05) is 24.3 Å². The molecule has 0 aliphatic carbocycles. The number of nitrogen functional groups attached to an aromatic ring is 1. The van der Waals surface area contributed by atoms with Gasteiger partial charge in [-0.05, 0) is 36.0 Å². The zero-order valence-electron chi connectivity index (χ0n) is 16.8. The molecule has 0 radical (unpaired) electrons. The van der Waals surface area contributed by atoms with Crippen molar-refractivity contribution in [2.75, 3.05) is 25.9 Å². The monoisotopic (exact) mass is 380 g/mol. The first kappa shape index (κ1) is 19.9. The number of amides is 2. The van der Waals surface area contributed by atoms with Gasteiger partial charge in [-0.1, -0.05) is 37.3 Å². The summed E-state index contributed by atoms with van der Waals surface area (Å²) < 4.78 is 0. The molecule has 3 rings (SSSR count). The van der Waals surface area contributed by atoms with Crippen LogP contribution in [0.1, 0.15) is 47.7 Å². The zero-order valence-corrected chi connectivity index (χ0v) is 16.8. The molecule has 0 spiro atoms. The molecular formula is C22H28N4O2. The van der Waals surface area contributed by atoms with E-state index < -0.39 is 0 Å². The third-order valence-electron chi connectivity index (χ3n) is 5.64. The summed E-state index contributed by atoms with van der Waals surface area (Å²) in [5, 5.41) is 0. The summed E-state index contributed by atoms with van der Waals surface area (Å²) in [6.45, 7) is 4.89. The van der Waals surface area contributed by atoms with Gasteiger partial charge in [0, 0.05) is 33.3 Å². The molecule has 1 aromatic carbocycles. The molecule has 0 bridgehead atoms. The van der Waals surface area contributed by atoms with E-state index in [0.717, 1.165) is 18.4 Å². The van der Waals surface area contributed by atoms with Crippen LogP contribution in [0.5, 0.6) is 0 Å². The second-order valence-corrected chi connectivity index (χ2v) is 7.61. The number of hydrogen-bond acceptors (Lipinski definition) is 4. The normalized spacial score (nSPS) is 17.4. The molecule has 148 valence electrons. The van der Waals surface area contributed by atoms with Gasteiger partial charge in [0.2, 0.25) is 5.91 Å². The highest BCUT2D eigenvalue weighted by atomic mass is 16.2. The van der Waals surface area contributed by atoms with Crippen molar-refractivity contribution in [2.45, 2.75) is 38.6 Å². The van der Waals surface area contributed by atoms with Gasteiger partial charge >= 0.3 is 0 Å². The van der Waals surface area contributed by atoms with Gasteiger partial charge in [0.15, 0.2) is 0 Å². The molecule has 1 aromatic heterocycles. The average Bonchev–Trinajstić information content (AvgIpc) is 3.19. The Balaban J connectivity index is 1.72. The topological polar surface area (TPSA) is 79.5 Å². The van der Waals surface area contributed by atoms with E-state index in [4.69, 9.17) is 5.73 Å². The summed E-state index contributed by atoms with van der Waals surface area (Å²) >= 11 is 0. The summed E-state index contributed by atoms with van der Waals surface area (Å²) in [6.07, 6.45) is 3.07. The van der Waals surface area contributed by atoms with E-state index >= 15 is 0 Å². The Labute approximate surface area is 166 Å². The van der Waals surface area contributed by atoms with Gasteiger partial charge in [0.05, 0.1) is 11.6 Å². The third kappa shape index (κ3) is 4.32. The fourth-order valence-electron chi connectivity index (χ4n) is 3.71. The van der Waals surface area contributed by atoms with Crippen LogP contribution in [-0.2, 0) is 11.2 Å². The molecular weight excluding hydrogens is 352 g/mol. The molecule has 28 heavy (non-hydrogen) atoms. The predicted octanol–water partition coefficient (Wildman–Crippen LogP) is 2.70. The summed E-state index contributed by atoms with van der Waals surface area (Å²) in [5.74, 6) is 0.706. The first-order valence-corrected chi connectivity index (χ1v) is 9.68. The zero-order chi connectivity index (χ0) is 20.3. The maximum Gasteiger partial charge on any atom is 0.255 e. The van der Waals surface area contributed by atoms with Crippen molar-refractivity contribution in [2.24, 2.45) is 0 Å². The van der Waals surface area contributed by atoms with Crippen molar-refractivity contribution < 1.29 is 9.59 Å². The summed E-state index contributed by atoms with van der Waals surface area (Å²) in [6, 6.07) is 12.2. The number of carbonyl (C=O) groups excluding carboxylic acids is 2. The number of hydrogen-bond donors (Lipinski definition) is 1. The van der Waals surface area contributed by atoms with Gasteiger partial charge in [-0.3, -0.25) is 9.59 Å². The van der Waals surface area contributed by atoms with Gasteiger partial charge in [0.25, 0.3) is 5.91 Å². The standard InChI is InChI=1S/C22H28N4O2/c1-15(17-7-5-4-6-8-17)11-18-12-19(13-24-21(18)23)22(28)26-10-9-20(14-26)25(3)16(2)27/h4-8,12-13,15,20H,9-11,14H2,1-3H3,(H2,23,24)/t15?,20-/m0/s1. The maximum absolute atomic E-state index is 12.9. The summed E-state index contributed by atoms with van der Waals surface area (Å²) in [7, 11) is 1.79. The lowest BCUT2D eigenvalue weighted by Gasteiger charge is -2.23. The first-order valence-electron chi connectivity index (χ1n) is 9.68. The third-order valence-corrected chi connectivity index (χ3v) is 5.64. The van der Waals surface area contributed by atoms with Gasteiger partial charge in [-0.15, -0.1) is 0 Å². The minimum Gasteiger partial charge on any atom is -0.383 e. The van der Waals surface area contributed by atoms with Gasteiger partial charge in [0.1, 0.15) is 5.82 Å². The minimum atomic E-state index is -0.0550. The smallest absolute Gasteiger partial charge is 0.255 e. The number of nitrogens with two attached hydrogens (primary N) is 1. The quantitative estimate of drug-likeness (QED) is 0.865. The molecule has 2 atom stereocenters. The van der Waals surface area contributed by atoms with Crippen molar-refractivity contribution in [3.63, 3.8) is 0 Å². The van der Waals surface area contributed by atoms with Gasteiger partial charge in [-0.2, -0.15) is 0 Å². The molecule has 6 nitrogen and oxygen atoms in total. The summed E-state index contributed by atoms with van der Waals surface area (Å²) in [4.78, 5) is 32.3. The van der Waals surface area contributed by atoms with Crippen molar-refractivity contribution in [1.29, 1.82) is 0 Å². The van der Waals surface area contributed by atoms with Crippen LogP contribution < -0.4 is 5.73 Å². The van der Waals surface area contributed by atoms with E-state index in [1.54, 1.807) is 30.0 Å². The van der Waals surface area contributed by atoms with E-state index in [2.05, 4.69) is 24.0 Å². The first-order chi connectivity index (χ1) is 13.4. The number of carbonyl (C=O) groups is 2. The van der Waals surface area contributed by atoms with Gasteiger partial charge < -0.3 is 15.5 Å². The highest BCUT2D eigenvalue weighted by molar-refractivity contribution is 5.94. The van der Waals surface area contributed by atoms with Crippen molar-refractivity contribution in [1.82, 2.24) is 14.8 Å². The Morgan fingerprint density at radius 3 is 2.71 bits per heavy atom. The number of rotatable bonds is 5. The fraction of sp³-hybridized carbons (Fsp3) is 0.409. The molecule has 2 amide bonds. The number of likely N-dealkylation sites (N-methyl/N-ethyl adjacent to an activating group) is 1. The SMILES string of the molecule is CC(=O)N(C)[C@H]1CCN(C(=O)c2cnc(N)c(CC(C)c3ccccc3)c2)C1. The number of likely N-dealkylation sites (tertiary alicyclic amines) is 1. The molecule has 1 unspecified atom stereocenters. The summed E-state index contributed by atoms with van der Waals surface area (Å²) in [5.41, 5.74) is 8.75. The van der Waals surface area contributed by atoms with E-state index in [-0.39, 0.29) is 23.8 Å². The Morgan fingerprint density at radius 1 is 1.32 bits per heavy atom. The fourth-order valence-corrected chi connectivity index (χ4v) is 3.71. The van der Waals surface area contributed by atoms with Crippen molar-refractivity contribution in [3.05, 3.63) is 59.3 Å². The molecule has 2 heterocycles. The molecule has 1 aliphatic rings. The molecule has 1 fully saturated rings. The molecule has 2 aromatic rings. The minimum absolute atomic E-state index is 0.0191. The second kappa shape index (κ2) is 8.42. The molecule has 0 saturated carbocycles. The Morgan fingerprint density at radius 2 is 2.04 bits per heavy atom. The maximum atomic E-state index is 12.9. The molecule has 2 N–H and O–H groups in total. The van der Waals surface area contributed by atoms with E-state index in [1.165, 1.54) is 5.56 Å². The van der Waals surface area contributed by atoms with Gasteiger partial charge in [-0.25, -0.2) is 4.98 Å². The van der Waals surface area contributed by atoms with Crippen LogP contribution in [0, 0.1) is 0 Å². The van der Waals surface area contributed by atoms with Crippen LogP contribution in [0.3, 0.4) is 0 Å². The lowest BCUT2D eigenvalue weighted by atomic mass is 9.93. The van der Waals surface area contributed by atoms with E-state index in [0.29, 0.717) is 24.5 Å². The highest BCUT2D eigenvalue weighted by Gasteiger charge is 2.30. The largest absolute Gasteiger partial charge is 0.383 e. The number of aromatic nitrogens is 1. The van der Waals surface area contributed by atoms with Crippen molar-refractivity contribution in [3.8, 4) is 0 Å². The van der Waals surface area contributed by atoms with Crippen molar-refractivity contribution >= 4 is 17.6 Å². The highest BCUT2D eigenvalue weighted by Crippen LogP contribution is 2.24. The number of anilines is 1. The predicted molar refractivity (Wildman–Crippen MR) is 110 cm³/mol. The van der Waals surface area contributed by atoms with Crippen LogP contribution in [0.25, 0.3) is 0 Å². The van der Waals surface area contributed by atoms with Crippen LogP contribution in [0.15, 0.2) is 42.6 Å². The Kier molecular flexibility index (Phi) is 5.97. The molecule has 1 aliphatic heterocycles. The van der Waals surface area contributed by atoms with Crippen LogP contribution >= 0.6 is 0 Å². The second-order valence-electron chi connectivity index (χ2n) is 7.61. The Bertz CT molecular complexity index is 853. The van der Waals surface area contributed by atoms with Crippen LogP contribution in [0.4, 0.5) is 5.82 Å². The lowest BCUT2D eigenvalue weighted by Crippen LogP contribution is -2.39. The van der Waals surface area contributed by atoms with Crippen LogP contribution in [-0.4, -0.2) is 52.8 Å². The number of pyridine rings is 1.